The monoisotopic (exact) mass is 357 g/mol. The molecule has 0 bridgehead atoms. The molecular formula is C17H19N5O4. The first kappa shape index (κ1) is 17.7. The highest BCUT2D eigenvalue weighted by atomic mass is 16.6. The van der Waals surface area contributed by atoms with E-state index in [9.17, 15) is 14.9 Å². The van der Waals surface area contributed by atoms with Crippen LogP contribution in [0.1, 0.15) is 21.7 Å². The van der Waals surface area contributed by atoms with Crippen LogP contribution in [-0.4, -0.2) is 47.1 Å². The number of nitrogens with zero attached hydrogens (tertiary/aromatic N) is 4. The highest BCUT2D eigenvalue weighted by Gasteiger charge is 2.15. The second-order valence-electron chi connectivity index (χ2n) is 5.89. The van der Waals surface area contributed by atoms with Crippen LogP contribution in [0.2, 0.25) is 0 Å². The number of carbonyl (C=O) groups is 1. The molecule has 2 heterocycles. The lowest BCUT2D eigenvalue weighted by Gasteiger charge is -2.27. The van der Waals surface area contributed by atoms with E-state index >= 15 is 0 Å². The molecule has 2 aromatic rings. The fourth-order valence-electron chi connectivity index (χ4n) is 2.62. The summed E-state index contributed by atoms with van der Waals surface area (Å²) in [5.41, 5.74) is 1.83. The Balaban J connectivity index is 1.65. The fraction of sp³-hybridized carbons (Fsp3) is 0.353. The van der Waals surface area contributed by atoms with Crippen molar-refractivity contribution < 1.29 is 14.5 Å². The SMILES string of the molecule is Cc1cc(CNC(=O)c2ccc([N+](=O)[O-])cc2)nc(N2CCOCC2)n1. The van der Waals surface area contributed by atoms with Crippen LogP contribution in [0.4, 0.5) is 11.6 Å². The number of hydrogen-bond donors (Lipinski definition) is 1. The number of aryl methyl sites for hydroxylation is 1. The molecule has 0 spiro atoms. The van der Waals surface area contributed by atoms with Crippen LogP contribution in [0, 0.1) is 17.0 Å². The molecule has 26 heavy (non-hydrogen) atoms. The molecule has 0 atom stereocenters. The van der Waals surface area contributed by atoms with Crippen molar-refractivity contribution in [2.24, 2.45) is 0 Å². The number of benzene rings is 1. The first-order valence-electron chi connectivity index (χ1n) is 8.23. The number of nitrogens with one attached hydrogen (secondary N) is 1. The molecule has 0 saturated carbocycles. The molecule has 1 aromatic heterocycles. The minimum atomic E-state index is -0.501. The maximum atomic E-state index is 12.2. The lowest BCUT2D eigenvalue weighted by Crippen LogP contribution is -2.37. The molecule has 1 saturated heterocycles. The Morgan fingerprint density at radius 3 is 2.62 bits per heavy atom. The lowest BCUT2D eigenvalue weighted by molar-refractivity contribution is -0.384. The summed E-state index contributed by atoms with van der Waals surface area (Å²) in [5, 5.41) is 13.4. The summed E-state index contributed by atoms with van der Waals surface area (Å²) in [5.74, 6) is 0.317. The van der Waals surface area contributed by atoms with Crippen LogP contribution in [0.15, 0.2) is 30.3 Å². The van der Waals surface area contributed by atoms with Gasteiger partial charge < -0.3 is 15.0 Å². The van der Waals surface area contributed by atoms with E-state index in [2.05, 4.69) is 20.2 Å². The third kappa shape index (κ3) is 4.31. The number of aromatic nitrogens is 2. The number of amides is 1. The number of anilines is 1. The Morgan fingerprint density at radius 2 is 1.96 bits per heavy atom. The predicted octanol–water partition coefficient (Wildman–Crippen LogP) is 1.46. The van der Waals surface area contributed by atoms with Crippen molar-refractivity contribution in [3.8, 4) is 0 Å². The van der Waals surface area contributed by atoms with Gasteiger partial charge in [-0.2, -0.15) is 0 Å². The number of nitro benzene ring substituents is 1. The zero-order valence-electron chi connectivity index (χ0n) is 14.3. The van der Waals surface area contributed by atoms with Crippen molar-refractivity contribution in [1.29, 1.82) is 0 Å². The molecule has 0 radical (unpaired) electrons. The van der Waals surface area contributed by atoms with Gasteiger partial charge in [0.15, 0.2) is 0 Å². The standard InChI is InChI=1S/C17H19N5O4/c1-12-10-14(20-17(19-12)21-6-8-26-9-7-21)11-18-16(23)13-2-4-15(5-3-13)22(24)25/h2-5,10H,6-9,11H2,1H3,(H,18,23). The Kier molecular flexibility index (Phi) is 5.37. The predicted molar refractivity (Wildman–Crippen MR) is 94.1 cm³/mol. The van der Waals surface area contributed by atoms with Gasteiger partial charge in [0.25, 0.3) is 11.6 Å². The highest BCUT2D eigenvalue weighted by molar-refractivity contribution is 5.94. The van der Waals surface area contributed by atoms with E-state index in [0.29, 0.717) is 30.4 Å². The smallest absolute Gasteiger partial charge is 0.269 e. The first-order chi connectivity index (χ1) is 12.5. The van der Waals surface area contributed by atoms with Crippen LogP contribution >= 0.6 is 0 Å². The van der Waals surface area contributed by atoms with Gasteiger partial charge in [-0.05, 0) is 25.1 Å². The second-order valence-corrected chi connectivity index (χ2v) is 5.89. The number of ether oxygens (including phenoxy) is 1. The molecule has 0 aliphatic carbocycles. The molecule has 0 unspecified atom stereocenters. The van der Waals surface area contributed by atoms with Gasteiger partial charge in [-0.15, -0.1) is 0 Å². The average molecular weight is 357 g/mol. The molecule has 9 nitrogen and oxygen atoms in total. The molecule has 1 aliphatic heterocycles. The Hall–Kier alpha value is -3.07. The third-order valence-electron chi connectivity index (χ3n) is 3.96. The quantitative estimate of drug-likeness (QED) is 0.637. The number of carbonyl (C=O) groups excluding carboxylic acids is 1. The molecule has 136 valence electrons. The van der Waals surface area contributed by atoms with E-state index in [0.717, 1.165) is 18.8 Å². The summed E-state index contributed by atoms with van der Waals surface area (Å²) < 4.78 is 5.34. The van der Waals surface area contributed by atoms with Crippen molar-refractivity contribution in [3.63, 3.8) is 0 Å². The van der Waals surface area contributed by atoms with Crippen LogP contribution < -0.4 is 10.2 Å². The van der Waals surface area contributed by atoms with Gasteiger partial charge >= 0.3 is 0 Å². The van der Waals surface area contributed by atoms with E-state index in [1.165, 1.54) is 24.3 Å². The third-order valence-corrected chi connectivity index (χ3v) is 3.96. The number of hydrogen-bond acceptors (Lipinski definition) is 7. The largest absolute Gasteiger partial charge is 0.378 e. The average Bonchev–Trinajstić information content (AvgIpc) is 2.66. The van der Waals surface area contributed by atoms with Crippen LogP contribution in [0.25, 0.3) is 0 Å². The van der Waals surface area contributed by atoms with Crippen LogP contribution in [-0.2, 0) is 11.3 Å². The highest BCUT2D eigenvalue weighted by Crippen LogP contribution is 2.14. The Labute approximate surface area is 150 Å². The van der Waals surface area contributed by atoms with E-state index in [1.807, 2.05) is 13.0 Å². The minimum absolute atomic E-state index is 0.0527. The van der Waals surface area contributed by atoms with Gasteiger partial charge in [-0.1, -0.05) is 0 Å². The summed E-state index contributed by atoms with van der Waals surface area (Å²) in [4.78, 5) is 33.4. The molecule has 9 heteroatoms. The summed E-state index contributed by atoms with van der Waals surface area (Å²) in [6.07, 6.45) is 0. The van der Waals surface area contributed by atoms with E-state index in [4.69, 9.17) is 4.74 Å². The maximum absolute atomic E-state index is 12.2. The summed E-state index contributed by atoms with van der Waals surface area (Å²) in [6.45, 7) is 4.88. The summed E-state index contributed by atoms with van der Waals surface area (Å²) in [7, 11) is 0. The van der Waals surface area contributed by atoms with Gasteiger partial charge in [0, 0.05) is 36.5 Å². The number of non-ortho nitro benzene ring substituents is 1. The molecule has 1 amide bonds. The lowest BCUT2D eigenvalue weighted by atomic mass is 10.2. The molecule has 1 fully saturated rings. The second kappa shape index (κ2) is 7.87. The van der Waals surface area contributed by atoms with E-state index < -0.39 is 4.92 Å². The zero-order chi connectivity index (χ0) is 18.5. The normalized spacial score (nSPS) is 14.1. The van der Waals surface area contributed by atoms with Crippen LogP contribution in [0.5, 0.6) is 0 Å². The van der Waals surface area contributed by atoms with Crippen LogP contribution in [0.3, 0.4) is 0 Å². The molecular weight excluding hydrogens is 338 g/mol. The van der Waals surface area contributed by atoms with Crippen molar-refractivity contribution in [3.05, 3.63) is 57.4 Å². The van der Waals surface area contributed by atoms with Crippen molar-refractivity contribution >= 4 is 17.5 Å². The number of nitro groups is 1. The van der Waals surface area contributed by atoms with Gasteiger partial charge in [-0.25, -0.2) is 9.97 Å². The number of morpholine rings is 1. The summed E-state index contributed by atoms with van der Waals surface area (Å²) >= 11 is 0. The summed E-state index contributed by atoms with van der Waals surface area (Å²) in [6, 6.07) is 7.29. The maximum Gasteiger partial charge on any atom is 0.269 e. The number of rotatable bonds is 5. The van der Waals surface area contributed by atoms with Crippen molar-refractivity contribution in [1.82, 2.24) is 15.3 Å². The minimum Gasteiger partial charge on any atom is -0.378 e. The topological polar surface area (TPSA) is 110 Å². The molecule has 1 aromatic carbocycles. The van der Waals surface area contributed by atoms with Gasteiger partial charge in [0.05, 0.1) is 30.4 Å². The zero-order valence-corrected chi connectivity index (χ0v) is 14.3. The fourth-order valence-corrected chi connectivity index (χ4v) is 2.62. The van der Waals surface area contributed by atoms with Gasteiger partial charge in [-0.3, -0.25) is 14.9 Å². The van der Waals surface area contributed by atoms with Crippen molar-refractivity contribution in [2.75, 3.05) is 31.2 Å². The van der Waals surface area contributed by atoms with E-state index in [1.54, 1.807) is 0 Å². The Morgan fingerprint density at radius 1 is 1.27 bits per heavy atom. The van der Waals surface area contributed by atoms with E-state index in [-0.39, 0.29) is 18.1 Å². The van der Waals surface area contributed by atoms with Gasteiger partial charge in [0.2, 0.25) is 5.95 Å². The molecule has 1 aliphatic rings. The van der Waals surface area contributed by atoms with Gasteiger partial charge in [0.1, 0.15) is 0 Å². The molecule has 3 rings (SSSR count). The van der Waals surface area contributed by atoms with Crippen molar-refractivity contribution in [2.45, 2.75) is 13.5 Å². The molecule has 1 N–H and O–H groups in total. The first-order valence-corrected chi connectivity index (χ1v) is 8.23. The Bertz CT molecular complexity index is 803.